The van der Waals surface area contributed by atoms with Gasteiger partial charge in [-0.15, -0.1) is 0 Å². The van der Waals surface area contributed by atoms with E-state index in [2.05, 4.69) is 5.32 Å². The Morgan fingerprint density at radius 1 is 1.43 bits per heavy atom. The van der Waals surface area contributed by atoms with Gasteiger partial charge >= 0.3 is 0 Å². The molecule has 5 heteroatoms. The SMILES string of the molecule is CO[C@@H](CNC(=O)/C=C/c1ccco1)c1cccc(F)c1. The predicted molar refractivity (Wildman–Crippen MR) is 76.9 cm³/mol. The molecule has 0 spiro atoms. The normalized spacial score (nSPS) is 12.5. The Morgan fingerprint density at radius 2 is 2.29 bits per heavy atom. The number of methoxy groups -OCH3 is 1. The Hall–Kier alpha value is -2.40. The first-order valence-corrected chi connectivity index (χ1v) is 6.46. The Balaban J connectivity index is 1.89. The van der Waals surface area contributed by atoms with Gasteiger partial charge in [0.2, 0.25) is 5.91 Å². The van der Waals surface area contributed by atoms with Gasteiger partial charge in [-0.1, -0.05) is 12.1 Å². The predicted octanol–water partition coefficient (Wildman–Crippen LogP) is 2.94. The highest BCUT2D eigenvalue weighted by molar-refractivity contribution is 5.91. The monoisotopic (exact) mass is 289 g/mol. The molecule has 0 aliphatic rings. The topological polar surface area (TPSA) is 51.5 Å². The summed E-state index contributed by atoms with van der Waals surface area (Å²) >= 11 is 0. The molecule has 0 fully saturated rings. The molecule has 4 nitrogen and oxygen atoms in total. The van der Waals surface area contributed by atoms with E-state index in [0.29, 0.717) is 11.3 Å². The summed E-state index contributed by atoms with van der Waals surface area (Å²) in [5.41, 5.74) is 0.674. The number of ether oxygens (including phenoxy) is 1. The van der Waals surface area contributed by atoms with E-state index in [-0.39, 0.29) is 18.3 Å². The van der Waals surface area contributed by atoms with Gasteiger partial charge in [-0.25, -0.2) is 4.39 Å². The summed E-state index contributed by atoms with van der Waals surface area (Å²) in [5.74, 6) is -0.0120. The average molecular weight is 289 g/mol. The van der Waals surface area contributed by atoms with Gasteiger partial charge < -0.3 is 14.5 Å². The number of amides is 1. The maximum Gasteiger partial charge on any atom is 0.244 e. The highest BCUT2D eigenvalue weighted by Crippen LogP contribution is 2.16. The fourth-order valence-corrected chi connectivity index (χ4v) is 1.84. The minimum absolute atomic E-state index is 0.251. The number of nitrogens with one attached hydrogen (secondary N) is 1. The van der Waals surface area contributed by atoms with Gasteiger partial charge in [0.1, 0.15) is 11.6 Å². The van der Waals surface area contributed by atoms with E-state index in [1.165, 1.54) is 31.6 Å². The van der Waals surface area contributed by atoms with E-state index in [0.717, 1.165) is 0 Å². The Bertz CT molecular complexity index is 608. The first kappa shape index (κ1) is 15.0. The second-order valence-corrected chi connectivity index (χ2v) is 4.37. The van der Waals surface area contributed by atoms with Crippen LogP contribution in [0.3, 0.4) is 0 Å². The van der Waals surface area contributed by atoms with Crippen LogP contribution in [-0.2, 0) is 9.53 Å². The van der Waals surface area contributed by atoms with Crippen molar-refractivity contribution in [3.63, 3.8) is 0 Å². The van der Waals surface area contributed by atoms with Gasteiger partial charge in [0.25, 0.3) is 0 Å². The van der Waals surface area contributed by atoms with Crippen LogP contribution < -0.4 is 5.32 Å². The van der Waals surface area contributed by atoms with Crippen LogP contribution >= 0.6 is 0 Å². The van der Waals surface area contributed by atoms with Crippen LogP contribution in [0, 0.1) is 5.82 Å². The van der Waals surface area contributed by atoms with Crippen molar-refractivity contribution in [2.45, 2.75) is 6.10 Å². The lowest BCUT2D eigenvalue weighted by atomic mass is 10.1. The maximum atomic E-state index is 13.2. The lowest BCUT2D eigenvalue weighted by Gasteiger charge is -2.16. The molecule has 0 aliphatic heterocycles. The van der Waals surface area contributed by atoms with Crippen molar-refractivity contribution in [3.8, 4) is 0 Å². The zero-order valence-corrected chi connectivity index (χ0v) is 11.6. The molecule has 0 unspecified atom stereocenters. The van der Waals surface area contributed by atoms with Gasteiger partial charge in [0, 0.05) is 19.7 Å². The third-order valence-electron chi connectivity index (χ3n) is 2.91. The number of benzene rings is 1. The summed E-state index contributed by atoms with van der Waals surface area (Å²) in [6.45, 7) is 0.251. The van der Waals surface area contributed by atoms with Crippen LogP contribution in [0.25, 0.3) is 6.08 Å². The van der Waals surface area contributed by atoms with Crippen LogP contribution in [0.5, 0.6) is 0 Å². The van der Waals surface area contributed by atoms with Crippen molar-refractivity contribution in [2.75, 3.05) is 13.7 Å². The van der Waals surface area contributed by atoms with Gasteiger partial charge in [-0.3, -0.25) is 4.79 Å². The number of halogens is 1. The van der Waals surface area contributed by atoms with Crippen LogP contribution in [-0.4, -0.2) is 19.6 Å². The van der Waals surface area contributed by atoms with E-state index in [4.69, 9.17) is 9.15 Å². The van der Waals surface area contributed by atoms with E-state index in [1.54, 1.807) is 30.3 Å². The molecule has 0 radical (unpaired) electrons. The molecule has 1 heterocycles. The number of carbonyl (C=O) groups excluding carboxylic acids is 1. The summed E-state index contributed by atoms with van der Waals surface area (Å²) < 4.78 is 23.5. The minimum Gasteiger partial charge on any atom is -0.465 e. The zero-order chi connectivity index (χ0) is 15.1. The summed E-state index contributed by atoms with van der Waals surface area (Å²) in [6, 6.07) is 9.59. The molecule has 0 bridgehead atoms. The van der Waals surface area contributed by atoms with E-state index in [9.17, 15) is 9.18 Å². The van der Waals surface area contributed by atoms with E-state index in [1.807, 2.05) is 0 Å². The molecular formula is C16H16FNO3. The quantitative estimate of drug-likeness (QED) is 0.832. The lowest BCUT2D eigenvalue weighted by Crippen LogP contribution is -2.27. The fourth-order valence-electron chi connectivity index (χ4n) is 1.84. The summed E-state index contributed by atoms with van der Waals surface area (Å²) in [6.07, 6.45) is 4.07. The van der Waals surface area contributed by atoms with Gasteiger partial charge in [0.15, 0.2) is 0 Å². The zero-order valence-electron chi connectivity index (χ0n) is 11.6. The maximum absolute atomic E-state index is 13.2. The molecule has 2 aromatic rings. The number of rotatable bonds is 6. The minimum atomic E-state index is -0.401. The molecular weight excluding hydrogens is 273 g/mol. The Kier molecular flexibility index (Phi) is 5.29. The second kappa shape index (κ2) is 7.40. The largest absolute Gasteiger partial charge is 0.465 e. The van der Waals surface area contributed by atoms with Crippen LogP contribution in [0.1, 0.15) is 17.4 Å². The third-order valence-corrected chi connectivity index (χ3v) is 2.91. The van der Waals surface area contributed by atoms with Crippen LogP contribution in [0.2, 0.25) is 0 Å². The number of furan rings is 1. The smallest absolute Gasteiger partial charge is 0.244 e. The Morgan fingerprint density at radius 3 is 2.95 bits per heavy atom. The average Bonchev–Trinajstić information content (AvgIpc) is 2.99. The summed E-state index contributed by atoms with van der Waals surface area (Å²) in [5, 5.41) is 2.70. The van der Waals surface area contributed by atoms with E-state index >= 15 is 0 Å². The van der Waals surface area contributed by atoms with Gasteiger partial charge in [-0.2, -0.15) is 0 Å². The summed E-state index contributed by atoms with van der Waals surface area (Å²) in [7, 11) is 1.51. The molecule has 1 amide bonds. The highest BCUT2D eigenvalue weighted by atomic mass is 19.1. The fraction of sp³-hybridized carbons (Fsp3) is 0.188. The molecule has 21 heavy (non-hydrogen) atoms. The first-order valence-electron chi connectivity index (χ1n) is 6.46. The number of hydrogen-bond donors (Lipinski definition) is 1. The molecule has 0 aliphatic carbocycles. The third kappa shape index (κ3) is 4.57. The van der Waals surface area contributed by atoms with Crippen molar-refractivity contribution in [1.29, 1.82) is 0 Å². The van der Waals surface area contributed by atoms with E-state index < -0.39 is 6.10 Å². The lowest BCUT2D eigenvalue weighted by molar-refractivity contribution is -0.117. The van der Waals surface area contributed by atoms with Crippen molar-refractivity contribution in [3.05, 3.63) is 65.9 Å². The van der Waals surface area contributed by atoms with Crippen molar-refractivity contribution in [1.82, 2.24) is 5.32 Å². The second-order valence-electron chi connectivity index (χ2n) is 4.37. The van der Waals surface area contributed by atoms with Gasteiger partial charge in [-0.05, 0) is 35.9 Å². The van der Waals surface area contributed by atoms with Crippen molar-refractivity contribution in [2.24, 2.45) is 0 Å². The molecule has 1 aromatic carbocycles. The number of carbonyl (C=O) groups is 1. The summed E-state index contributed by atoms with van der Waals surface area (Å²) in [4.78, 5) is 11.7. The first-order chi connectivity index (χ1) is 10.2. The van der Waals surface area contributed by atoms with Crippen LogP contribution in [0.4, 0.5) is 4.39 Å². The molecule has 0 saturated heterocycles. The Labute approximate surface area is 122 Å². The molecule has 1 atom stereocenters. The molecule has 1 N–H and O–H groups in total. The molecule has 110 valence electrons. The number of hydrogen-bond acceptors (Lipinski definition) is 3. The van der Waals surface area contributed by atoms with Crippen molar-refractivity contribution >= 4 is 12.0 Å². The highest BCUT2D eigenvalue weighted by Gasteiger charge is 2.11. The van der Waals surface area contributed by atoms with Crippen LogP contribution in [0.15, 0.2) is 53.2 Å². The van der Waals surface area contributed by atoms with Crippen molar-refractivity contribution < 1.29 is 18.3 Å². The molecule has 0 saturated carbocycles. The van der Waals surface area contributed by atoms with Gasteiger partial charge in [0.05, 0.1) is 12.4 Å². The molecule has 2 rings (SSSR count). The standard InChI is InChI=1S/C16H16FNO3/c1-20-15(12-4-2-5-13(17)10-12)11-18-16(19)8-7-14-6-3-9-21-14/h2-10,15H,11H2,1H3,(H,18,19)/b8-7+/t15-/m0/s1. The molecule has 1 aromatic heterocycles.